The second-order valence-corrected chi connectivity index (χ2v) is 5.03. The molecular weight excluding hydrogens is 255 g/mol. The second kappa shape index (κ2) is 5.94. The zero-order valence-corrected chi connectivity index (χ0v) is 12.2. The molecule has 2 rings (SSSR count). The number of nitrogen functional groups attached to an aromatic ring is 1. The molecule has 2 aromatic rings. The van der Waals surface area contributed by atoms with E-state index in [4.69, 9.17) is 5.73 Å². The van der Waals surface area contributed by atoms with E-state index in [0.29, 0.717) is 12.2 Å². The number of aryl methyl sites for hydroxylation is 2. The van der Waals surface area contributed by atoms with Gasteiger partial charge in [-0.05, 0) is 31.0 Å². The van der Waals surface area contributed by atoms with Crippen LogP contribution in [0.4, 0.5) is 15.9 Å². The summed E-state index contributed by atoms with van der Waals surface area (Å²) in [5.41, 5.74) is 8.55. The Kier molecular flexibility index (Phi) is 4.27. The van der Waals surface area contributed by atoms with Crippen LogP contribution < -0.4 is 10.6 Å². The first-order valence-corrected chi connectivity index (χ1v) is 6.81. The standard InChI is InChI=1S/C15H21FN4/c1-4-8-20-15(14(17)11(2)18-20)19(3)10-12-6-5-7-13(16)9-12/h5-7,9H,4,8,10,17H2,1-3H3. The number of nitrogens with two attached hydrogens (primary N) is 1. The van der Waals surface area contributed by atoms with Gasteiger partial charge in [-0.15, -0.1) is 0 Å². The van der Waals surface area contributed by atoms with Crippen molar-refractivity contribution in [2.45, 2.75) is 33.4 Å². The minimum atomic E-state index is -0.220. The molecule has 0 amide bonds. The normalized spacial score (nSPS) is 10.8. The van der Waals surface area contributed by atoms with Crippen molar-refractivity contribution in [2.75, 3.05) is 17.7 Å². The van der Waals surface area contributed by atoms with Gasteiger partial charge in [0.15, 0.2) is 5.82 Å². The lowest BCUT2D eigenvalue weighted by atomic mass is 10.2. The van der Waals surface area contributed by atoms with Crippen LogP contribution in [0.2, 0.25) is 0 Å². The van der Waals surface area contributed by atoms with Crippen LogP contribution in [0, 0.1) is 12.7 Å². The third-order valence-electron chi connectivity index (χ3n) is 3.25. The van der Waals surface area contributed by atoms with E-state index >= 15 is 0 Å². The SMILES string of the molecule is CCCn1nc(C)c(N)c1N(C)Cc1cccc(F)c1. The highest BCUT2D eigenvalue weighted by Crippen LogP contribution is 2.27. The van der Waals surface area contributed by atoms with Gasteiger partial charge >= 0.3 is 0 Å². The maximum Gasteiger partial charge on any atom is 0.150 e. The zero-order valence-electron chi connectivity index (χ0n) is 12.2. The third kappa shape index (κ3) is 2.92. The van der Waals surface area contributed by atoms with E-state index in [2.05, 4.69) is 12.0 Å². The molecule has 0 fully saturated rings. The van der Waals surface area contributed by atoms with Crippen molar-refractivity contribution in [3.05, 3.63) is 41.3 Å². The molecule has 1 aromatic carbocycles. The Balaban J connectivity index is 2.26. The first-order valence-electron chi connectivity index (χ1n) is 6.81. The first kappa shape index (κ1) is 14.4. The molecule has 0 saturated heterocycles. The van der Waals surface area contributed by atoms with Crippen molar-refractivity contribution >= 4 is 11.5 Å². The van der Waals surface area contributed by atoms with Crippen LogP contribution >= 0.6 is 0 Å². The van der Waals surface area contributed by atoms with Crippen LogP contribution in [-0.2, 0) is 13.1 Å². The number of hydrogen-bond donors (Lipinski definition) is 1. The summed E-state index contributed by atoms with van der Waals surface area (Å²) < 4.78 is 15.2. The van der Waals surface area contributed by atoms with Crippen molar-refractivity contribution in [1.29, 1.82) is 0 Å². The maximum absolute atomic E-state index is 13.2. The van der Waals surface area contributed by atoms with E-state index in [1.165, 1.54) is 6.07 Å². The molecule has 2 N–H and O–H groups in total. The van der Waals surface area contributed by atoms with E-state index < -0.39 is 0 Å². The minimum absolute atomic E-state index is 0.220. The van der Waals surface area contributed by atoms with Gasteiger partial charge in [0.1, 0.15) is 5.82 Å². The van der Waals surface area contributed by atoms with Gasteiger partial charge in [-0.3, -0.25) is 0 Å². The number of benzene rings is 1. The van der Waals surface area contributed by atoms with Gasteiger partial charge in [0, 0.05) is 20.1 Å². The molecule has 0 saturated carbocycles. The van der Waals surface area contributed by atoms with Gasteiger partial charge in [-0.2, -0.15) is 5.10 Å². The molecular formula is C15H21FN4. The smallest absolute Gasteiger partial charge is 0.150 e. The lowest BCUT2D eigenvalue weighted by molar-refractivity contribution is 0.590. The Morgan fingerprint density at radius 3 is 2.80 bits per heavy atom. The molecule has 1 heterocycles. The summed E-state index contributed by atoms with van der Waals surface area (Å²) in [5, 5.41) is 4.46. The monoisotopic (exact) mass is 276 g/mol. The highest BCUT2D eigenvalue weighted by molar-refractivity contribution is 5.66. The predicted octanol–water partition coefficient (Wildman–Crippen LogP) is 2.96. The van der Waals surface area contributed by atoms with Gasteiger partial charge < -0.3 is 10.6 Å². The van der Waals surface area contributed by atoms with E-state index in [0.717, 1.165) is 30.0 Å². The summed E-state index contributed by atoms with van der Waals surface area (Å²) in [6, 6.07) is 6.61. The summed E-state index contributed by atoms with van der Waals surface area (Å²) in [7, 11) is 1.95. The van der Waals surface area contributed by atoms with E-state index in [1.807, 2.05) is 29.6 Å². The fourth-order valence-electron chi connectivity index (χ4n) is 2.34. The van der Waals surface area contributed by atoms with E-state index in [9.17, 15) is 4.39 Å². The first-order chi connectivity index (χ1) is 9.52. The molecule has 108 valence electrons. The number of aromatic nitrogens is 2. The van der Waals surface area contributed by atoms with Gasteiger partial charge in [0.05, 0.1) is 11.4 Å². The van der Waals surface area contributed by atoms with Gasteiger partial charge in [-0.25, -0.2) is 9.07 Å². The Hall–Kier alpha value is -2.04. The lowest BCUT2D eigenvalue weighted by Crippen LogP contribution is -2.21. The summed E-state index contributed by atoms with van der Waals surface area (Å²) in [4.78, 5) is 2.01. The van der Waals surface area contributed by atoms with Gasteiger partial charge in [0.25, 0.3) is 0 Å². The van der Waals surface area contributed by atoms with Crippen LogP contribution in [0.15, 0.2) is 24.3 Å². The predicted molar refractivity (Wildman–Crippen MR) is 80.2 cm³/mol. The van der Waals surface area contributed by atoms with Crippen molar-refractivity contribution < 1.29 is 4.39 Å². The molecule has 20 heavy (non-hydrogen) atoms. The van der Waals surface area contributed by atoms with Crippen molar-refractivity contribution in [2.24, 2.45) is 0 Å². The second-order valence-electron chi connectivity index (χ2n) is 5.03. The molecule has 0 radical (unpaired) electrons. The molecule has 0 unspecified atom stereocenters. The molecule has 0 aliphatic rings. The van der Waals surface area contributed by atoms with E-state index in [1.54, 1.807) is 12.1 Å². The number of anilines is 2. The highest BCUT2D eigenvalue weighted by Gasteiger charge is 2.16. The average Bonchev–Trinajstić information content (AvgIpc) is 2.65. The van der Waals surface area contributed by atoms with Crippen LogP contribution in [-0.4, -0.2) is 16.8 Å². The quantitative estimate of drug-likeness (QED) is 0.913. The topological polar surface area (TPSA) is 47.1 Å². The Morgan fingerprint density at radius 1 is 1.40 bits per heavy atom. The summed E-state index contributed by atoms with van der Waals surface area (Å²) in [6.07, 6.45) is 0.987. The summed E-state index contributed by atoms with van der Waals surface area (Å²) >= 11 is 0. The third-order valence-corrected chi connectivity index (χ3v) is 3.25. The highest BCUT2D eigenvalue weighted by atomic mass is 19.1. The van der Waals surface area contributed by atoms with Crippen molar-refractivity contribution in [3.63, 3.8) is 0 Å². The van der Waals surface area contributed by atoms with Crippen LogP contribution in [0.25, 0.3) is 0 Å². The number of hydrogen-bond acceptors (Lipinski definition) is 3. The fourth-order valence-corrected chi connectivity index (χ4v) is 2.34. The molecule has 0 bridgehead atoms. The Bertz CT molecular complexity index is 592. The molecule has 0 atom stereocenters. The zero-order chi connectivity index (χ0) is 14.7. The number of rotatable bonds is 5. The largest absolute Gasteiger partial charge is 0.394 e. The van der Waals surface area contributed by atoms with Crippen molar-refractivity contribution in [3.8, 4) is 0 Å². The van der Waals surface area contributed by atoms with Crippen LogP contribution in [0.3, 0.4) is 0 Å². The number of halogens is 1. The Morgan fingerprint density at radius 2 is 2.15 bits per heavy atom. The van der Waals surface area contributed by atoms with E-state index in [-0.39, 0.29) is 5.82 Å². The Labute approximate surface area is 119 Å². The molecule has 1 aromatic heterocycles. The van der Waals surface area contributed by atoms with Crippen LogP contribution in [0.1, 0.15) is 24.6 Å². The fraction of sp³-hybridized carbons (Fsp3) is 0.400. The van der Waals surface area contributed by atoms with Crippen molar-refractivity contribution in [1.82, 2.24) is 9.78 Å². The summed E-state index contributed by atoms with van der Waals surface area (Å²) in [6.45, 7) is 5.42. The van der Waals surface area contributed by atoms with Crippen LogP contribution in [0.5, 0.6) is 0 Å². The minimum Gasteiger partial charge on any atom is -0.394 e. The van der Waals surface area contributed by atoms with Gasteiger partial charge in [-0.1, -0.05) is 19.1 Å². The molecule has 4 nitrogen and oxygen atoms in total. The van der Waals surface area contributed by atoms with Gasteiger partial charge in [0.2, 0.25) is 0 Å². The molecule has 0 aliphatic heterocycles. The summed E-state index contributed by atoms with van der Waals surface area (Å²) in [5.74, 6) is 0.677. The lowest BCUT2D eigenvalue weighted by Gasteiger charge is -2.21. The molecule has 5 heteroatoms. The molecule has 0 aliphatic carbocycles. The average molecular weight is 276 g/mol. The molecule has 0 spiro atoms. The number of nitrogens with zero attached hydrogens (tertiary/aromatic N) is 3. The maximum atomic E-state index is 13.2.